The van der Waals surface area contributed by atoms with Crippen LogP contribution in [0, 0.1) is 10.8 Å². The van der Waals surface area contributed by atoms with Crippen LogP contribution in [0.2, 0.25) is 0 Å². The zero-order chi connectivity index (χ0) is 28.2. The van der Waals surface area contributed by atoms with Gasteiger partial charge < -0.3 is 20.0 Å². The van der Waals surface area contributed by atoms with Gasteiger partial charge in [0.1, 0.15) is 0 Å². The number of nitrogens with one attached hydrogen (secondary N) is 2. The van der Waals surface area contributed by atoms with Crippen LogP contribution in [-0.2, 0) is 0 Å². The molecule has 0 aliphatic rings. The van der Waals surface area contributed by atoms with E-state index in [0.717, 1.165) is 43.8 Å². The van der Waals surface area contributed by atoms with Crippen LogP contribution < -0.4 is 0 Å². The Morgan fingerprint density at radius 3 is 1.76 bits per heavy atom. The number of hydrogen-bond acceptors (Lipinski definition) is 2. The maximum absolute atomic E-state index is 8.76. The Labute approximate surface area is 242 Å². The van der Waals surface area contributed by atoms with Gasteiger partial charge in [-0.05, 0) is 70.9 Å². The van der Waals surface area contributed by atoms with E-state index < -0.39 is 0 Å². The van der Waals surface area contributed by atoms with Crippen LogP contribution in [0.1, 0.15) is 5.56 Å². The molecule has 2 heterocycles. The molecule has 0 aliphatic heterocycles. The molecule has 0 saturated carbocycles. The van der Waals surface area contributed by atoms with Crippen molar-refractivity contribution in [3.8, 4) is 5.69 Å². The molecule has 0 radical (unpaired) electrons. The maximum atomic E-state index is 8.76. The lowest BCUT2D eigenvalue weighted by atomic mass is 10.0. The Kier molecular flexibility index (Phi) is 5.41. The smallest absolute Gasteiger partial charge is 0.0659 e. The third kappa shape index (κ3) is 3.62. The fourth-order valence-corrected chi connectivity index (χ4v) is 6.33. The number of hydrogen-bond donors (Lipinski definition) is 2. The molecule has 0 aliphatic carbocycles. The fraction of sp³-hybridized carbons (Fsp3) is 0. The van der Waals surface area contributed by atoms with Crippen LogP contribution in [0.5, 0.6) is 0 Å². The molecule has 42 heavy (non-hydrogen) atoms. The van der Waals surface area contributed by atoms with Crippen molar-refractivity contribution in [1.82, 2.24) is 9.13 Å². The topological polar surface area (TPSA) is 57.6 Å². The van der Waals surface area contributed by atoms with E-state index in [-0.39, 0.29) is 0 Å². The van der Waals surface area contributed by atoms with E-state index in [1.165, 1.54) is 28.0 Å². The third-order valence-corrected chi connectivity index (χ3v) is 8.22. The molecule has 2 aromatic heterocycles. The van der Waals surface area contributed by atoms with E-state index in [4.69, 9.17) is 10.8 Å². The van der Waals surface area contributed by atoms with Gasteiger partial charge in [-0.1, -0.05) is 84.9 Å². The summed E-state index contributed by atoms with van der Waals surface area (Å²) in [5, 5.41) is 24.1. The van der Waals surface area contributed by atoms with Gasteiger partial charge in [-0.2, -0.15) is 0 Å². The van der Waals surface area contributed by atoms with Gasteiger partial charge in [0.2, 0.25) is 0 Å². The SMILES string of the molecule is N=C/C(=C\C(=N)c1ccccc1)n1c2ccccc2c2cc3cc4c(cc3cc21)c1ccccc1n4-c1ccccc1. The lowest BCUT2D eigenvalue weighted by Crippen LogP contribution is -2.03. The molecule has 4 heteroatoms. The van der Waals surface area contributed by atoms with Crippen molar-refractivity contribution in [1.29, 1.82) is 10.8 Å². The van der Waals surface area contributed by atoms with E-state index in [0.29, 0.717) is 11.4 Å². The molecular formula is C38H26N4. The first-order chi connectivity index (χ1) is 20.7. The molecule has 8 rings (SSSR count). The standard InChI is InChI=1S/C38H26N4/c39-24-29(23-34(40)25-11-3-1-4-12-25)42-36-18-10-8-16-31(36)33-20-26-21-37-32(19-27(26)22-38(33)42)30-15-7-9-17-35(30)41(37)28-13-5-2-6-14-28/h1-24,39-40H/b29-23+,39-24?,40-34?. The molecule has 0 unspecified atom stereocenters. The van der Waals surface area contributed by atoms with Crippen LogP contribution in [0.4, 0.5) is 0 Å². The molecule has 4 nitrogen and oxygen atoms in total. The third-order valence-electron chi connectivity index (χ3n) is 8.22. The Bertz CT molecular complexity index is 2370. The molecule has 2 N–H and O–H groups in total. The van der Waals surface area contributed by atoms with Crippen LogP contribution >= 0.6 is 0 Å². The highest BCUT2D eigenvalue weighted by Gasteiger charge is 2.17. The second-order valence-corrected chi connectivity index (χ2v) is 10.6. The summed E-state index contributed by atoms with van der Waals surface area (Å²) < 4.78 is 4.47. The summed E-state index contributed by atoms with van der Waals surface area (Å²) in [5.41, 5.74) is 7.37. The summed E-state index contributed by atoms with van der Waals surface area (Å²) in [6, 6.07) is 46.3. The summed E-state index contributed by atoms with van der Waals surface area (Å²) in [7, 11) is 0. The lowest BCUT2D eigenvalue weighted by Gasteiger charge is -2.10. The molecule has 0 spiro atoms. The lowest BCUT2D eigenvalue weighted by molar-refractivity contribution is 1.18. The zero-order valence-electron chi connectivity index (χ0n) is 22.8. The predicted octanol–water partition coefficient (Wildman–Crippen LogP) is 9.60. The van der Waals surface area contributed by atoms with E-state index in [2.05, 4.69) is 106 Å². The highest BCUT2D eigenvalue weighted by atomic mass is 15.0. The first-order valence-corrected chi connectivity index (χ1v) is 14.0. The molecule has 0 atom stereocenters. The number of benzene rings is 6. The predicted molar refractivity (Wildman–Crippen MR) is 178 cm³/mol. The van der Waals surface area contributed by atoms with Gasteiger partial charge >= 0.3 is 0 Å². The Morgan fingerprint density at radius 2 is 1.07 bits per heavy atom. The van der Waals surface area contributed by atoms with E-state index in [9.17, 15) is 0 Å². The molecule has 0 amide bonds. The van der Waals surface area contributed by atoms with Gasteiger partial charge in [0, 0.05) is 33.4 Å². The average molecular weight is 539 g/mol. The zero-order valence-corrected chi connectivity index (χ0v) is 22.8. The molecule has 0 bridgehead atoms. The minimum absolute atomic E-state index is 0.372. The fourth-order valence-electron chi connectivity index (χ4n) is 6.33. The summed E-state index contributed by atoms with van der Waals surface area (Å²) in [4.78, 5) is 0. The molecule has 0 fully saturated rings. The highest BCUT2D eigenvalue weighted by Crippen LogP contribution is 2.38. The first-order valence-electron chi connectivity index (χ1n) is 14.0. The van der Waals surface area contributed by atoms with Crippen molar-refractivity contribution < 1.29 is 0 Å². The molecule has 8 aromatic rings. The summed E-state index contributed by atoms with van der Waals surface area (Å²) in [6.07, 6.45) is 3.14. The minimum Gasteiger partial charge on any atom is -0.309 e. The van der Waals surface area contributed by atoms with Gasteiger partial charge in [0.15, 0.2) is 0 Å². The number of allylic oxidation sites excluding steroid dienone is 2. The Hall–Kier alpha value is -5.74. The van der Waals surface area contributed by atoms with Crippen LogP contribution in [0.15, 0.2) is 140 Å². The van der Waals surface area contributed by atoms with Crippen molar-refractivity contribution >= 4 is 72.0 Å². The summed E-state index contributed by atoms with van der Waals surface area (Å²) in [6.45, 7) is 0. The van der Waals surface area contributed by atoms with Gasteiger partial charge in [0.25, 0.3) is 0 Å². The van der Waals surface area contributed by atoms with Crippen molar-refractivity contribution in [2.24, 2.45) is 0 Å². The first kappa shape index (κ1) is 24.1. The normalized spacial score (nSPS) is 12.1. The van der Waals surface area contributed by atoms with Crippen LogP contribution in [0.3, 0.4) is 0 Å². The van der Waals surface area contributed by atoms with E-state index >= 15 is 0 Å². The van der Waals surface area contributed by atoms with Crippen LogP contribution in [0.25, 0.3) is 65.8 Å². The Morgan fingerprint density at radius 1 is 0.524 bits per heavy atom. The molecule has 198 valence electrons. The largest absolute Gasteiger partial charge is 0.309 e. The molecular weight excluding hydrogens is 512 g/mol. The van der Waals surface area contributed by atoms with Gasteiger partial charge in [-0.3, -0.25) is 0 Å². The van der Waals surface area contributed by atoms with Crippen molar-refractivity contribution in [3.63, 3.8) is 0 Å². The van der Waals surface area contributed by atoms with Gasteiger partial charge in [-0.25, -0.2) is 0 Å². The average Bonchev–Trinajstić information content (AvgIpc) is 3.54. The van der Waals surface area contributed by atoms with Gasteiger partial charge in [-0.15, -0.1) is 0 Å². The second-order valence-electron chi connectivity index (χ2n) is 10.6. The highest BCUT2D eigenvalue weighted by molar-refractivity contribution is 6.23. The Balaban J connectivity index is 1.43. The number of aromatic nitrogens is 2. The molecule has 0 saturated heterocycles. The van der Waals surface area contributed by atoms with Crippen molar-refractivity contribution in [3.05, 3.63) is 145 Å². The summed E-state index contributed by atoms with van der Waals surface area (Å²) >= 11 is 0. The molecule has 6 aromatic carbocycles. The maximum Gasteiger partial charge on any atom is 0.0659 e. The van der Waals surface area contributed by atoms with E-state index in [1.807, 2.05) is 36.4 Å². The number of nitrogens with zero attached hydrogens (tertiary/aromatic N) is 2. The number of fused-ring (bicyclic) bond motifs is 7. The second kappa shape index (κ2) is 9.43. The van der Waals surface area contributed by atoms with E-state index in [1.54, 1.807) is 6.08 Å². The van der Waals surface area contributed by atoms with Crippen molar-refractivity contribution in [2.45, 2.75) is 0 Å². The number of rotatable bonds is 5. The van der Waals surface area contributed by atoms with Crippen molar-refractivity contribution in [2.75, 3.05) is 0 Å². The monoisotopic (exact) mass is 538 g/mol. The minimum atomic E-state index is 0.372. The number of para-hydroxylation sites is 3. The quantitative estimate of drug-likeness (QED) is 0.205. The summed E-state index contributed by atoms with van der Waals surface area (Å²) in [5.74, 6) is 0. The van der Waals surface area contributed by atoms with Gasteiger partial charge in [0.05, 0.1) is 33.5 Å². The van der Waals surface area contributed by atoms with Crippen LogP contribution in [-0.4, -0.2) is 21.1 Å².